The van der Waals surface area contributed by atoms with Crippen LogP contribution in [0.5, 0.6) is 0 Å². The molecule has 1 heterocycles. The summed E-state index contributed by atoms with van der Waals surface area (Å²) < 4.78 is 14.7. The number of nitrogens with zero attached hydrogens (tertiary/aromatic N) is 1. The van der Waals surface area contributed by atoms with E-state index in [2.05, 4.69) is 10.6 Å². The van der Waals surface area contributed by atoms with E-state index in [1.165, 1.54) is 6.07 Å². The summed E-state index contributed by atoms with van der Waals surface area (Å²) in [7, 11) is 0. The standard InChI is InChI=1S/C26H24FN3O2/c1-2-20(31)16-28-26(32)29-19-12-13-24-18(14-19)15-22(21-10-6-7-11-23(21)27)25(30-24)17-8-4-3-5-9-17/h3-15,20,31H,2,16H2,1H3,(H2,28,29,32). The number of pyridine rings is 1. The highest BCUT2D eigenvalue weighted by atomic mass is 19.1. The summed E-state index contributed by atoms with van der Waals surface area (Å²) in [6.45, 7) is 2.02. The van der Waals surface area contributed by atoms with Crippen LogP contribution in [0.25, 0.3) is 33.3 Å². The fourth-order valence-corrected chi connectivity index (χ4v) is 3.49. The quantitative estimate of drug-likeness (QED) is 0.373. The monoisotopic (exact) mass is 429 g/mol. The Kier molecular flexibility index (Phi) is 6.42. The highest BCUT2D eigenvalue weighted by Gasteiger charge is 2.15. The van der Waals surface area contributed by atoms with Gasteiger partial charge in [-0.25, -0.2) is 14.2 Å². The van der Waals surface area contributed by atoms with Crippen LogP contribution in [-0.4, -0.2) is 28.8 Å². The Bertz CT molecular complexity index is 1240. The summed E-state index contributed by atoms with van der Waals surface area (Å²) >= 11 is 0. The summed E-state index contributed by atoms with van der Waals surface area (Å²) in [6, 6.07) is 23.2. The molecule has 4 aromatic rings. The zero-order valence-corrected chi connectivity index (χ0v) is 17.7. The second kappa shape index (κ2) is 9.58. The van der Waals surface area contributed by atoms with Crippen LogP contribution >= 0.6 is 0 Å². The number of aromatic nitrogens is 1. The van der Waals surface area contributed by atoms with Gasteiger partial charge in [-0.15, -0.1) is 0 Å². The fraction of sp³-hybridized carbons (Fsp3) is 0.154. The number of anilines is 1. The van der Waals surface area contributed by atoms with E-state index in [1.807, 2.05) is 49.4 Å². The van der Waals surface area contributed by atoms with Crippen molar-refractivity contribution in [3.63, 3.8) is 0 Å². The van der Waals surface area contributed by atoms with Crippen LogP contribution in [0, 0.1) is 5.82 Å². The SMILES string of the molecule is CCC(O)CNC(=O)Nc1ccc2nc(-c3ccccc3)c(-c3ccccc3F)cc2c1. The number of halogens is 1. The number of carbonyl (C=O) groups excluding carboxylic acids is 1. The molecule has 3 aromatic carbocycles. The molecular formula is C26H24FN3O2. The minimum atomic E-state index is -0.582. The van der Waals surface area contributed by atoms with Crippen LogP contribution < -0.4 is 10.6 Å². The Morgan fingerprint density at radius 2 is 1.75 bits per heavy atom. The minimum absolute atomic E-state index is 0.176. The molecule has 3 N–H and O–H groups in total. The first-order valence-electron chi connectivity index (χ1n) is 10.5. The molecule has 162 valence electrons. The highest BCUT2D eigenvalue weighted by molar-refractivity contribution is 5.96. The Hall–Kier alpha value is -3.77. The Morgan fingerprint density at radius 1 is 1.00 bits per heavy atom. The third-order valence-corrected chi connectivity index (χ3v) is 5.25. The van der Waals surface area contributed by atoms with Crippen LogP contribution in [0.4, 0.5) is 14.9 Å². The Morgan fingerprint density at radius 3 is 2.50 bits per heavy atom. The number of carbonyl (C=O) groups is 1. The van der Waals surface area contributed by atoms with E-state index in [4.69, 9.17) is 4.98 Å². The van der Waals surface area contributed by atoms with Gasteiger partial charge in [0.05, 0.1) is 17.3 Å². The lowest BCUT2D eigenvalue weighted by molar-refractivity contribution is 0.168. The van der Waals surface area contributed by atoms with Crippen molar-refractivity contribution in [2.75, 3.05) is 11.9 Å². The molecule has 0 saturated heterocycles. The van der Waals surface area contributed by atoms with Gasteiger partial charge >= 0.3 is 6.03 Å². The first-order valence-corrected chi connectivity index (χ1v) is 10.5. The number of fused-ring (bicyclic) bond motifs is 1. The molecule has 0 aliphatic rings. The molecule has 6 heteroatoms. The van der Waals surface area contributed by atoms with Gasteiger partial charge in [-0.1, -0.05) is 55.5 Å². The maximum absolute atomic E-state index is 14.7. The van der Waals surface area contributed by atoms with Crippen molar-refractivity contribution in [1.82, 2.24) is 10.3 Å². The molecule has 2 amide bonds. The van der Waals surface area contributed by atoms with Gasteiger partial charge in [0.1, 0.15) is 5.82 Å². The van der Waals surface area contributed by atoms with Crippen LogP contribution in [0.1, 0.15) is 13.3 Å². The van der Waals surface area contributed by atoms with E-state index in [9.17, 15) is 14.3 Å². The van der Waals surface area contributed by atoms with Crippen molar-refractivity contribution >= 4 is 22.6 Å². The van der Waals surface area contributed by atoms with Crippen LogP contribution in [0.3, 0.4) is 0 Å². The number of aliphatic hydroxyl groups excluding tert-OH is 1. The number of rotatable bonds is 6. The molecule has 0 aliphatic carbocycles. The molecule has 1 aromatic heterocycles. The second-order valence-electron chi connectivity index (χ2n) is 7.53. The van der Waals surface area contributed by atoms with Crippen molar-refractivity contribution in [3.05, 3.63) is 84.7 Å². The number of hydrogen-bond donors (Lipinski definition) is 3. The van der Waals surface area contributed by atoms with Crippen LogP contribution in [0.2, 0.25) is 0 Å². The molecule has 0 aliphatic heterocycles. The maximum Gasteiger partial charge on any atom is 0.319 e. The average Bonchev–Trinajstić information content (AvgIpc) is 2.82. The molecule has 4 rings (SSSR count). The number of benzene rings is 3. The van der Waals surface area contributed by atoms with Gasteiger partial charge in [-0.05, 0) is 36.8 Å². The van der Waals surface area contributed by atoms with Crippen molar-refractivity contribution in [2.45, 2.75) is 19.4 Å². The number of nitrogens with one attached hydrogen (secondary N) is 2. The largest absolute Gasteiger partial charge is 0.391 e. The van der Waals surface area contributed by atoms with Gasteiger partial charge in [0.2, 0.25) is 0 Å². The zero-order valence-electron chi connectivity index (χ0n) is 17.7. The predicted molar refractivity (Wildman–Crippen MR) is 126 cm³/mol. The fourth-order valence-electron chi connectivity index (χ4n) is 3.49. The molecule has 0 bridgehead atoms. The molecule has 1 unspecified atom stereocenters. The van der Waals surface area contributed by atoms with Gasteiger partial charge in [-0.2, -0.15) is 0 Å². The normalized spacial score (nSPS) is 11.8. The molecule has 0 fully saturated rings. The lowest BCUT2D eigenvalue weighted by Crippen LogP contribution is -2.34. The summed E-state index contributed by atoms with van der Waals surface area (Å²) in [4.78, 5) is 17.0. The van der Waals surface area contributed by atoms with Gasteiger partial charge in [-0.3, -0.25) is 0 Å². The molecule has 32 heavy (non-hydrogen) atoms. The average molecular weight is 429 g/mol. The van der Waals surface area contributed by atoms with E-state index in [-0.39, 0.29) is 12.4 Å². The Balaban J connectivity index is 1.74. The van der Waals surface area contributed by atoms with Crippen molar-refractivity contribution in [1.29, 1.82) is 0 Å². The van der Waals surface area contributed by atoms with Gasteiger partial charge in [0, 0.05) is 34.3 Å². The first-order chi connectivity index (χ1) is 15.5. The first kappa shape index (κ1) is 21.5. The summed E-state index contributed by atoms with van der Waals surface area (Å²) in [5.74, 6) is -0.325. The zero-order chi connectivity index (χ0) is 22.5. The lowest BCUT2D eigenvalue weighted by Gasteiger charge is -2.14. The van der Waals surface area contributed by atoms with E-state index in [0.29, 0.717) is 28.9 Å². The predicted octanol–water partition coefficient (Wildman–Crippen LogP) is 5.60. The minimum Gasteiger partial charge on any atom is -0.391 e. The maximum atomic E-state index is 14.7. The summed E-state index contributed by atoms with van der Waals surface area (Å²) in [5.41, 5.74) is 4.03. The number of aliphatic hydroxyl groups is 1. The lowest BCUT2D eigenvalue weighted by atomic mass is 9.97. The van der Waals surface area contributed by atoms with Crippen LogP contribution in [0.15, 0.2) is 78.9 Å². The Labute approximate surface area is 185 Å². The van der Waals surface area contributed by atoms with Crippen LogP contribution in [-0.2, 0) is 0 Å². The molecule has 1 atom stereocenters. The molecular weight excluding hydrogens is 405 g/mol. The summed E-state index contributed by atoms with van der Waals surface area (Å²) in [6.07, 6.45) is -0.0221. The van der Waals surface area contributed by atoms with Gasteiger partial charge < -0.3 is 15.7 Å². The molecule has 0 saturated carbocycles. The molecule has 0 spiro atoms. The van der Waals surface area contributed by atoms with Gasteiger partial charge in [0.15, 0.2) is 0 Å². The van der Waals surface area contributed by atoms with E-state index < -0.39 is 12.1 Å². The molecule has 5 nitrogen and oxygen atoms in total. The van der Waals surface area contributed by atoms with Crippen molar-refractivity contribution in [3.8, 4) is 22.4 Å². The smallest absolute Gasteiger partial charge is 0.319 e. The number of amides is 2. The highest BCUT2D eigenvalue weighted by Crippen LogP contribution is 2.35. The topological polar surface area (TPSA) is 74.2 Å². The second-order valence-corrected chi connectivity index (χ2v) is 7.53. The van der Waals surface area contributed by atoms with E-state index in [1.54, 1.807) is 30.3 Å². The van der Waals surface area contributed by atoms with Crippen molar-refractivity contribution < 1.29 is 14.3 Å². The third-order valence-electron chi connectivity index (χ3n) is 5.25. The summed E-state index contributed by atoms with van der Waals surface area (Å²) in [5, 5.41) is 15.8. The number of hydrogen-bond acceptors (Lipinski definition) is 3. The third kappa shape index (κ3) is 4.76. The van der Waals surface area contributed by atoms with E-state index in [0.717, 1.165) is 16.5 Å². The van der Waals surface area contributed by atoms with Crippen molar-refractivity contribution in [2.24, 2.45) is 0 Å². The van der Waals surface area contributed by atoms with Gasteiger partial charge in [0.25, 0.3) is 0 Å². The number of urea groups is 1. The van der Waals surface area contributed by atoms with E-state index >= 15 is 0 Å². The molecule has 0 radical (unpaired) electrons.